The van der Waals surface area contributed by atoms with E-state index in [1.54, 1.807) is 30.2 Å². The van der Waals surface area contributed by atoms with Crippen LogP contribution in [-0.4, -0.2) is 34.8 Å². The maximum absolute atomic E-state index is 12.2. The number of aromatic nitrogens is 2. The monoisotopic (exact) mass is 343 g/mol. The normalized spacial score (nSPS) is 15.1. The molecule has 0 atom stereocenters. The van der Waals surface area contributed by atoms with Gasteiger partial charge < -0.3 is 10.2 Å². The Morgan fingerprint density at radius 3 is 2.75 bits per heavy atom. The number of hydrogen-bond acceptors (Lipinski definition) is 4. The molecule has 0 aliphatic carbocycles. The minimum atomic E-state index is -0.0806. The molecule has 124 valence electrons. The number of hydrogen-bond donors (Lipinski definition) is 1. The molecule has 0 radical (unpaired) electrons. The maximum atomic E-state index is 12.2. The summed E-state index contributed by atoms with van der Waals surface area (Å²) in [4.78, 5) is 14.4. The number of nitriles is 1. The predicted octanol–water partition coefficient (Wildman–Crippen LogP) is 2.34. The third-order valence-electron chi connectivity index (χ3n) is 4.24. The van der Waals surface area contributed by atoms with Crippen molar-refractivity contribution in [3.8, 4) is 6.07 Å². The highest BCUT2D eigenvalue weighted by atomic mass is 35.5. The summed E-state index contributed by atoms with van der Waals surface area (Å²) >= 11 is 6.10. The summed E-state index contributed by atoms with van der Waals surface area (Å²) in [6.45, 7) is 1.67. The largest absolute Gasteiger partial charge is 0.371 e. The van der Waals surface area contributed by atoms with Crippen molar-refractivity contribution in [1.29, 1.82) is 5.26 Å². The fraction of sp³-hybridized carbons (Fsp3) is 0.353. The van der Waals surface area contributed by atoms with Gasteiger partial charge in [-0.25, -0.2) is 0 Å². The number of nitrogens with one attached hydrogen (secondary N) is 1. The Labute approximate surface area is 145 Å². The summed E-state index contributed by atoms with van der Waals surface area (Å²) in [5, 5.41) is 16.5. The van der Waals surface area contributed by atoms with Crippen LogP contribution in [0.5, 0.6) is 0 Å². The van der Waals surface area contributed by atoms with Crippen molar-refractivity contribution in [1.82, 2.24) is 15.1 Å². The lowest BCUT2D eigenvalue weighted by Gasteiger charge is -2.34. The maximum Gasteiger partial charge on any atom is 0.254 e. The fourth-order valence-corrected chi connectivity index (χ4v) is 3.10. The van der Waals surface area contributed by atoms with E-state index in [9.17, 15) is 4.79 Å². The van der Waals surface area contributed by atoms with Crippen molar-refractivity contribution < 1.29 is 4.79 Å². The lowest BCUT2D eigenvalue weighted by molar-refractivity contribution is 0.0931. The highest BCUT2D eigenvalue weighted by molar-refractivity contribution is 6.32. The molecule has 0 saturated carbocycles. The SMILES string of the molecule is Cn1cc(C(=O)NC2CCN(c3ccc(C#N)c(Cl)c3)CC2)cn1. The van der Waals surface area contributed by atoms with Gasteiger partial charge in [0.2, 0.25) is 0 Å². The third-order valence-corrected chi connectivity index (χ3v) is 4.55. The molecule has 0 spiro atoms. The molecule has 1 amide bonds. The molecule has 2 aromatic rings. The number of anilines is 1. The van der Waals surface area contributed by atoms with Gasteiger partial charge in [-0.2, -0.15) is 10.4 Å². The topological polar surface area (TPSA) is 74.0 Å². The summed E-state index contributed by atoms with van der Waals surface area (Å²) in [6.07, 6.45) is 5.01. The van der Waals surface area contributed by atoms with E-state index in [1.807, 2.05) is 12.1 Å². The first-order valence-electron chi connectivity index (χ1n) is 7.81. The molecule has 6 nitrogen and oxygen atoms in total. The van der Waals surface area contributed by atoms with E-state index in [4.69, 9.17) is 16.9 Å². The number of nitrogens with zero attached hydrogens (tertiary/aromatic N) is 4. The van der Waals surface area contributed by atoms with Crippen molar-refractivity contribution in [2.24, 2.45) is 7.05 Å². The Hall–Kier alpha value is -2.52. The van der Waals surface area contributed by atoms with Crippen LogP contribution in [0.3, 0.4) is 0 Å². The minimum absolute atomic E-state index is 0.0806. The van der Waals surface area contributed by atoms with Crippen LogP contribution in [-0.2, 0) is 7.05 Å². The summed E-state index contributed by atoms with van der Waals surface area (Å²) in [5.74, 6) is -0.0806. The standard InChI is InChI=1S/C17H18ClN5O/c1-22-11-13(10-20-22)17(24)21-14-4-6-23(7-5-14)15-3-2-12(9-19)16(18)8-15/h2-3,8,10-11,14H,4-7H2,1H3,(H,21,24). The van der Waals surface area contributed by atoms with Gasteiger partial charge in [-0.05, 0) is 31.0 Å². The minimum Gasteiger partial charge on any atom is -0.371 e. The Morgan fingerprint density at radius 1 is 1.42 bits per heavy atom. The number of piperidine rings is 1. The number of carbonyl (C=O) groups excluding carboxylic acids is 1. The Kier molecular flexibility index (Phi) is 4.72. The number of halogens is 1. The van der Waals surface area contributed by atoms with Crippen molar-refractivity contribution >= 4 is 23.2 Å². The van der Waals surface area contributed by atoms with Gasteiger partial charge in [0.15, 0.2) is 0 Å². The van der Waals surface area contributed by atoms with Crippen LogP contribution < -0.4 is 10.2 Å². The molecule has 7 heteroatoms. The van der Waals surface area contributed by atoms with Gasteiger partial charge in [-0.15, -0.1) is 0 Å². The average molecular weight is 344 g/mol. The van der Waals surface area contributed by atoms with Crippen molar-refractivity contribution in [3.05, 3.63) is 46.7 Å². The Balaban J connectivity index is 1.57. The second-order valence-corrected chi connectivity index (χ2v) is 6.32. The Morgan fingerprint density at radius 2 is 2.17 bits per heavy atom. The van der Waals surface area contributed by atoms with Gasteiger partial charge in [-0.3, -0.25) is 9.48 Å². The molecule has 1 aromatic carbocycles. The van der Waals surface area contributed by atoms with Crippen LogP contribution in [0, 0.1) is 11.3 Å². The van der Waals surface area contributed by atoms with E-state index >= 15 is 0 Å². The van der Waals surface area contributed by atoms with Crippen LogP contribution >= 0.6 is 11.6 Å². The van der Waals surface area contributed by atoms with Crippen LogP contribution in [0.15, 0.2) is 30.6 Å². The number of amides is 1. The van der Waals surface area contributed by atoms with Crippen LogP contribution in [0.1, 0.15) is 28.8 Å². The van der Waals surface area contributed by atoms with E-state index in [0.717, 1.165) is 31.6 Å². The molecule has 2 heterocycles. The van der Waals surface area contributed by atoms with Gasteiger partial charge >= 0.3 is 0 Å². The molecule has 1 aromatic heterocycles. The first-order valence-corrected chi connectivity index (χ1v) is 8.18. The second-order valence-electron chi connectivity index (χ2n) is 5.91. The molecular weight excluding hydrogens is 326 g/mol. The van der Waals surface area contributed by atoms with E-state index < -0.39 is 0 Å². The predicted molar refractivity (Wildman–Crippen MR) is 92.1 cm³/mol. The fourth-order valence-electron chi connectivity index (χ4n) is 2.88. The average Bonchev–Trinajstić information content (AvgIpc) is 3.02. The third kappa shape index (κ3) is 3.52. The first kappa shape index (κ1) is 16.3. The van der Waals surface area contributed by atoms with Gasteiger partial charge in [0, 0.05) is 38.1 Å². The van der Waals surface area contributed by atoms with Crippen LogP contribution in [0.2, 0.25) is 5.02 Å². The second kappa shape index (κ2) is 6.93. The number of aryl methyl sites for hydroxylation is 1. The zero-order valence-corrected chi connectivity index (χ0v) is 14.1. The molecule has 24 heavy (non-hydrogen) atoms. The molecule has 1 saturated heterocycles. The van der Waals surface area contributed by atoms with E-state index in [1.165, 1.54) is 0 Å². The summed E-state index contributed by atoms with van der Waals surface area (Å²) in [7, 11) is 1.79. The molecule has 1 N–H and O–H groups in total. The zero-order chi connectivity index (χ0) is 17.1. The van der Waals surface area contributed by atoms with E-state index in [2.05, 4.69) is 21.4 Å². The number of benzene rings is 1. The van der Waals surface area contributed by atoms with Gasteiger partial charge in [0.05, 0.1) is 22.3 Å². The smallest absolute Gasteiger partial charge is 0.254 e. The summed E-state index contributed by atoms with van der Waals surface area (Å²) < 4.78 is 1.62. The highest BCUT2D eigenvalue weighted by Gasteiger charge is 2.22. The molecule has 1 aliphatic rings. The molecule has 0 bridgehead atoms. The van der Waals surface area contributed by atoms with E-state index in [0.29, 0.717) is 16.1 Å². The molecular formula is C17H18ClN5O. The molecule has 1 aliphatic heterocycles. The highest BCUT2D eigenvalue weighted by Crippen LogP contribution is 2.25. The van der Waals surface area contributed by atoms with Crippen LogP contribution in [0.25, 0.3) is 0 Å². The lowest BCUT2D eigenvalue weighted by atomic mass is 10.0. The van der Waals surface area contributed by atoms with Gasteiger partial charge in [0.25, 0.3) is 5.91 Å². The quantitative estimate of drug-likeness (QED) is 0.928. The first-order chi connectivity index (χ1) is 11.6. The van der Waals surface area contributed by atoms with Crippen molar-refractivity contribution in [2.45, 2.75) is 18.9 Å². The Bertz CT molecular complexity index is 787. The van der Waals surface area contributed by atoms with Gasteiger partial charge in [-0.1, -0.05) is 11.6 Å². The van der Waals surface area contributed by atoms with Gasteiger partial charge in [0.1, 0.15) is 6.07 Å². The summed E-state index contributed by atoms with van der Waals surface area (Å²) in [6, 6.07) is 7.71. The van der Waals surface area contributed by atoms with Crippen LogP contribution in [0.4, 0.5) is 5.69 Å². The van der Waals surface area contributed by atoms with E-state index in [-0.39, 0.29) is 11.9 Å². The zero-order valence-electron chi connectivity index (χ0n) is 13.4. The molecule has 0 unspecified atom stereocenters. The number of rotatable bonds is 3. The lowest BCUT2D eigenvalue weighted by Crippen LogP contribution is -2.44. The van der Waals surface area contributed by atoms with Crippen molar-refractivity contribution in [3.63, 3.8) is 0 Å². The van der Waals surface area contributed by atoms with Crippen molar-refractivity contribution in [2.75, 3.05) is 18.0 Å². The number of carbonyl (C=O) groups is 1. The molecule has 1 fully saturated rings. The summed E-state index contributed by atoms with van der Waals surface area (Å²) in [5.41, 5.74) is 2.08. The molecule has 3 rings (SSSR count).